The Balaban J connectivity index is 1.97. The molecule has 9 heteroatoms. The summed E-state index contributed by atoms with van der Waals surface area (Å²) in [6.45, 7) is 2.01. The van der Waals surface area contributed by atoms with E-state index in [1.807, 2.05) is 6.92 Å². The van der Waals surface area contributed by atoms with Gasteiger partial charge in [0, 0.05) is 0 Å². The van der Waals surface area contributed by atoms with Crippen LogP contribution in [0.25, 0.3) is 6.08 Å². The zero-order chi connectivity index (χ0) is 18.0. The average molecular weight is 376 g/mol. The Kier molecular flexibility index (Phi) is 5.14. The van der Waals surface area contributed by atoms with E-state index in [0.717, 1.165) is 23.3 Å². The van der Waals surface area contributed by atoms with Gasteiger partial charge in [0.15, 0.2) is 16.7 Å². The maximum Gasteiger partial charge on any atom is 0.283 e. The number of carbonyl (C=O) groups excluding carboxylic acids is 1. The van der Waals surface area contributed by atoms with Gasteiger partial charge >= 0.3 is 0 Å². The number of thioether (sulfide) groups is 1. The van der Waals surface area contributed by atoms with E-state index >= 15 is 0 Å². The lowest BCUT2D eigenvalue weighted by Gasteiger charge is -2.24. The number of benzene rings is 1. The van der Waals surface area contributed by atoms with Crippen molar-refractivity contribution in [3.8, 4) is 11.5 Å². The minimum absolute atomic E-state index is 0.0782. The van der Waals surface area contributed by atoms with Crippen LogP contribution < -0.4 is 9.47 Å². The number of hydrogen-bond donors (Lipinski definition) is 1. The zero-order valence-electron chi connectivity index (χ0n) is 13.9. The van der Waals surface area contributed by atoms with E-state index in [-0.39, 0.29) is 11.4 Å². The van der Waals surface area contributed by atoms with Crippen molar-refractivity contribution in [1.82, 2.24) is 4.90 Å². The van der Waals surface area contributed by atoms with Crippen LogP contribution in [0.15, 0.2) is 33.2 Å². The number of carbonyl (C=O) groups is 1. The molecule has 2 heterocycles. The highest BCUT2D eigenvalue weighted by molar-refractivity contribution is 8.19. The molecule has 130 valence electrons. The Morgan fingerprint density at radius 2 is 2.08 bits per heavy atom. The van der Waals surface area contributed by atoms with Crippen molar-refractivity contribution in [2.75, 3.05) is 20.0 Å². The summed E-state index contributed by atoms with van der Waals surface area (Å²) < 4.78 is 14.8. The standard InChI is InChI=1S/C16H16N4O3S2/c1-4-24-16-19-25-15-18-14(21)10(13(17)20(15)16)7-9-5-6-11(22-2)12(8-9)23-3/h5-8,17H,4H2,1-3H3. The number of nitrogens with zero attached hydrogens (tertiary/aromatic N) is 3. The number of ether oxygens (including phenoxy) is 2. The van der Waals surface area contributed by atoms with Crippen molar-refractivity contribution < 1.29 is 14.3 Å². The van der Waals surface area contributed by atoms with Crippen LogP contribution in [0.3, 0.4) is 0 Å². The highest BCUT2D eigenvalue weighted by Crippen LogP contribution is 2.33. The topological polar surface area (TPSA) is 87.3 Å². The van der Waals surface area contributed by atoms with Gasteiger partial charge < -0.3 is 9.47 Å². The number of fused-ring (bicyclic) bond motifs is 1. The van der Waals surface area contributed by atoms with Gasteiger partial charge in [-0.05, 0) is 29.5 Å². The normalized spacial score (nSPS) is 18.2. The number of nitrogens with one attached hydrogen (secondary N) is 1. The molecule has 1 aromatic carbocycles. The number of amides is 1. The van der Waals surface area contributed by atoms with E-state index in [1.54, 1.807) is 43.4 Å². The van der Waals surface area contributed by atoms with E-state index in [1.165, 1.54) is 11.8 Å². The molecule has 0 unspecified atom stereocenters. The molecule has 0 fully saturated rings. The molecule has 0 aliphatic carbocycles. The number of methoxy groups -OCH3 is 2. The lowest BCUT2D eigenvalue weighted by molar-refractivity contribution is -0.114. The second kappa shape index (κ2) is 7.32. The quantitative estimate of drug-likeness (QED) is 0.642. The molecule has 2 aliphatic rings. The molecular weight excluding hydrogens is 360 g/mol. The van der Waals surface area contributed by atoms with Crippen molar-refractivity contribution in [2.24, 2.45) is 9.39 Å². The van der Waals surface area contributed by atoms with E-state index < -0.39 is 5.91 Å². The molecule has 0 saturated carbocycles. The first kappa shape index (κ1) is 17.6. The molecule has 0 aromatic heterocycles. The van der Waals surface area contributed by atoms with E-state index in [2.05, 4.69) is 9.39 Å². The summed E-state index contributed by atoms with van der Waals surface area (Å²) in [5.41, 5.74) is 0.931. The highest BCUT2D eigenvalue weighted by Gasteiger charge is 2.37. The second-order valence-electron chi connectivity index (χ2n) is 4.95. The van der Waals surface area contributed by atoms with Crippen LogP contribution in [-0.2, 0) is 4.79 Å². The lowest BCUT2D eigenvalue weighted by atomic mass is 10.1. The van der Waals surface area contributed by atoms with Gasteiger partial charge in [0.1, 0.15) is 5.84 Å². The average Bonchev–Trinajstić information content (AvgIpc) is 3.01. The van der Waals surface area contributed by atoms with Gasteiger partial charge in [-0.2, -0.15) is 9.39 Å². The number of rotatable bonds is 4. The summed E-state index contributed by atoms with van der Waals surface area (Å²) in [6.07, 6.45) is 1.63. The molecule has 0 spiro atoms. The van der Waals surface area contributed by atoms with Crippen molar-refractivity contribution >= 4 is 51.9 Å². The molecule has 1 N–H and O–H groups in total. The molecule has 0 bridgehead atoms. The van der Waals surface area contributed by atoms with Gasteiger partial charge in [0.05, 0.1) is 31.7 Å². The van der Waals surface area contributed by atoms with Gasteiger partial charge in [0.25, 0.3) is 5.91 Å². The minimum Gasteiger partial charge on any atom is -0.493 e. The van der Waals surface area contributed by atoms with Crippen molar-refractivity contribution in [3.05, 3.63) is 29.3 Å². The van der Waals surface area contributed by atoms with E-state index in [4.69, 9.17) is 14.9 Å². The van der Waals surface area contributed by atoms with E-state index in [9.17, 15) is 4.79 Å². The first-order valence-corrected chi connectivity index (χ1v) is 9.18. The molecule has 0 radical (unpaired) electrons. The molecule has 7 nitrogen and oxygen atoms in total. The largest absolute Gasteiger partial charge is 0.493 e. The Morgan fingerprint density at radius 3 is 2.76 bits per heavy atom. The summed E-state index contributed by atoms with van der Waals surface area (Å²) >= 11 is 2.63. The predicted molar refractivity (Wildman–Crippen MR) is 103 cm³/mol. The summed E-state index contributed by atoms with van der Waals surface area (Å²) in [4.78, 5) is 18.0. The van der Waals surface area contributed by atoms with Crippen LogP contribution >= 0.6 is 23.7 Å². The number of hydrogen-bond acceptors (Lipinski definition) is 7. The number of amidine groups is 3. The summed E-state index contributed by atoms with van der Waals surface area (Å²) in [6, 6.07) is 5.30. The highest BCUT2D eigenvalue weighted by atomic mass is 32.2. The smallest absolute Gasteiger partial charge is 0.283 e. The van der Waals surface area contributed by atoms with Gasteiger partial charge in [-0.3, -0.25) is 10.2 Å². The monoisotopic (exact) mass is 376 g/mol. The van der Waals surface area contributed by atoms with E-state index in [0.29, 0.717) is 21.8 Å². The Labute approximate surface area is 153 Å². The predicted octanol–water partition coefficient (Wildman–Crippen LogP) is 3.03. The molecular formula is C16H16N4O3S2. The van der Waals surface area contributed by atoms with Crippen LogP contribution in [0.2, 0.25) is 0 Å². The lowest BCUT2D eigenvalue weighted by Crippen LogP contribution is -2.41. The fraction of sp³-hybridized carbons (Fsp3) is 0.250. The molecule has 1 aromatic rings. The van der Waals surface area contributed by atoms with Crippen LogP contribution in [0.5, 0.6) is 11.5 Å². The minimum atomic E-state index is -0.448. The Hall–Kier alpha value is -2.26. The maximum absolute atomic E-state index is 12.3. The van der Waals surface area contributed by atoms with Crippen LogP contribution in [0, 0.1) is 5.41 Å². The first-order chi connectivity index (χ1) is 12.1. The molecule has 25 heavy (non-hydrogen) atoms. The fourth-order valence-electron chi connectivity index (χ4n) is 2.33. The van der Waals surface area contributed by atoms with Gasteiger partial charge in [-0.15, -0.1) is 0 Å². The number of aliphatic imine (C=N–C) groups is 1. The van der Waals surface area contributed by atoms with Crippen LogP contribution in [0.4, 0.5) is 0 Å². The Bertz CT molecular complexity index is 833. The van der Waals surface area contributed by atoms with Crippen molar-refractivity contribution in [1.29, 1.82) is 5.41 Å². The second-order valence-corrected chi connectivity index (χ2v) is 6.92. The molecule has 0 saturated heterocycles. The summed E-state index contributed by atoms with van der Waals surface area (Å²) in [7, 11) is 3.11. The summed E-state index contributed by atoms with van der Waals surface area (Å²) in [5, 5.41) is 9.53. The Morgan fingerprint density at radius 1 is 1.32 bits per heavy atom. The first-order valence-electron chi connectivity index (χ1n) is 7.42. The molecule has 0 atom stereocenters. The van der Waals surface area contributed by atoms with Crippen LogP contribution in [0.1, 0.15) is 12.5 Å². The summed E-state index contributed by atoms with van der Waals surface area (Å²) in [5.74, 6) is 1.60. The van der Waals surface area contributed by atoms with Gasteiger partial charge in [0.2, 0.25) is 5.17 Å². The van der Waals surface area contributed by atoms with Crippen molar-refractivity contribution in [2.45, 2.75) is 6.92 Å². The molecule has 3 rings (SSSR count). The zero-order valence-corrected chi connectivity index (χ0v) is 15.5. The molecule has 2 aliphatic heterocycles. The van der Waals surface area contributed by atoms with Crippen molar-refractivity contribution in [3.63, 3.8) is 0 Å². The van der Waals surface area contributed by atoms with Gasteiger partial charge in [-0.25, -0.2) is 4.90 Å². The third kappa shape index (κ3) is 3.29. The SMILES string of the molecule is CCSC1=NSC2=NC(=O)C(=Cc3ccc(OC)c(OC)c3)C(=N)N12. The maximum atomic E-state index is 12.3. The third-order valence-electron chi connectivity index (χ3n) is 3.49. The molecule has 1 amide bonds. The van der Waals surface area contributed by atoms with Gasteiger partial charge in [-0.1, -0.05) is 24.8 Å². The fourth-order valence-corrected chi connectivity index (χ4v) is 3.90. The van der Waals surface area contributed by atoms with Crippen LogP contribution in [-0.4, -0.2) is 47.0 Å². The third-order valence-corrected chi connectivity index (χ3v) is 5.12.